The highest BCUT2D eigenvalue weighted by molar-refractivity contribution is 7.26. The van der Waals surface area contributed by atoms with E-state index >= 15 is 0 Å². The topological polar surface area (TPSA) is 16.4 Å². The smallest absolute Gasteiger partial charge is 0.136 e. The van der Waals surface area contributed by atoms with Crippen LogP contribution >= 0.6 is 11.3 Å². The van der Waals surface area contributed by atoms with E-state index in [4.69, 9.17) is 4.42 Å². The van der Waals surface area contributed by atoms with Gasteiger partial charge in [0.2, 0.25) is 0 Å². The highest BCUT2D eigenvalue weighted by Crippen LogP contribution is 2.45. The third-order valence-electron chi connectivity index (χ3n) is 10.7. The molecule has 0 spiro atoms. The second kappa shape index (κ2) is 11.9. The maximum Gasteiger partial charge on any atom is 0.136 e. The first-order chi connectivity index (χ1) is 26.3. The third kappa shape index (κ3) is 4.86. The Morgan fingerprint density at radius 1 is 0.396 bits per heavy atom. The molecule has 11 rings (SSSR count). The summed E-state index contributed by atoms with van der Waals surface area (Å²) in [4.78, 5) is 2.41. The highest BCUT2D eigenvalue weighted by atomic mass is 32.1. The summed E-state index contributed by atoms with van der Waals surface area (Å²) in [6, 6.07) is 68.0. The van der Waals surface area contributed by atoms with Gasteiger partial charge < -0.3 is 9.32 Å². The summed E-state index contributed by atoms with van der Waals surface area (Å²) in [5, 5.41) is 9.83. The van der Waals surface area contributed by atoms with Crippen LogP contribution in [0.5, 0.6) is 0 Å². The van der Waals surface area contributed by atoms with E-state index in [-0.39, 0.29) is 0 Å². The number of hydrogen-bond acceptors (Lipinski definition) is 3. The fraction of sp³-hybridized carbons (Fsp3) is 0. The van der Waals surface area contributed by atoms with E-state index in [2.05, 4.69) is 181 Å². The highest BCUT2D eigenvalue weighted by Gasteiger charge is 2.19. The van der Waals surface area contributed by atoms with E-state index < -0.39 is 0 Å². The molecule has 53 heavy (non-hydrogen) atoms. The molecule has 0 fully saturated rings. The molecule has 3 heteroatoms. The van der Waals surface area contributed by atoms with Gasteiger partial charge in [-0.2, -0.15) is 0 Å². The minimum atomic E-state index is 0.920. The first-order valence-electron chi connectivity index (χ1n) is 18.0. The fourth-order valence-electron chi connectivity index (χ4n) is 8.13. The Kier molecular flexibility index (Phi) is 6.76. The molecule has 0 radical (unpaired) electrons. The monoisotopic (exact) mass is 693 g/mol. The molecule has 0 aliphatic rings. The van der Waals surface area contributed by atoms with Gasteiger partial charge in [-0.05, 0) is 98.4 Å². The van der Waals surface area contributed by atoms with Crippen molar-refractivity contribution in [3.63, 3.8) is 0 Å². The van der Waals surface area contributed by atoms with Crippen LogP contribution in [0.4, 0.5) is 17.1 Å². The summed E-state index contributed by atoms with van der Waals surface area (Å²) in [5.41, 5.74) is 10.0. The molecule has 9 aromatic carbocycles. The van der Waals surface area contributed by atoms with Gasteiger partial charge in [0.05, 0.1) is 10.4 Å². The van der Waals surface area contributed by atoms with Crippen molar-refractivity contribution in [3.8, 4) is 22.3 Å². The Morgan fingerprint density at radius 2 is 1.02 bits per heavy atom. The van der Waals surface area contributed by atoms with E-state index in [0.29, 0.717) is 0 Å². The Labute approximate surface area is 310 Å². The van der Waals surface area contributed by atoms with Gasteiger partial charge in [0, 0.05) is 37.6 Å². The summed E-state index contributed by atoms with van der Waals surface area (Å²) in [5.74, 6) is 0. The van der Waals surface area contributed by atoms with Crippen LogP contribution in [0.15, 0.2) is 192 Å². The lowest BCUT2D eigenvalue weighted by Gasteiger charge is -2.26. The van der Waals surface area contributed by atoms with E-state index in [9.17, 15) is 0 Å². The van der Waals surface area contributed by atoms with Crippen LogP contribution < -0.4 is 4.90 Å². The van der Waals surface area contributed by atoms with Crippen LogP contribution in [0, 0.1) is 0 Å². The summed E-state index contributed by atoms with van der Waals surface area (Å²) in [7, 11) is 0. The van der Waals surface area contributed by atoms with Gasteiger partial charge in [-0.25, -0.2) is 0 Å². The summed E-state index contributed by atoms with van der Waals surface area (Å²) < 4.78 is 8.81. The lowest BCUT2D eigenvalue weighted by molar-refractivity contribution is 0.669. The molecule has 0 aliphatic carbocycles. The zero-order chi connectivity index (χ0) is 34.9. The molecular formula is C50H31NOS. The molecule has 2 nitrogen and oxygen atoms in total. The molecular weight excluding hydrogens is 663 g/mol. The zero-order valence-electron chi connectivity index (χ0n) is 28.7. The molecule has 2 aromatic heterocycles. The minimum Gasteiger partial charge on any atom is -0.456 e. The molecule has 0 saturated carbocycles. The van der Waals surface area contributed by atoms with E-state index in [1.165, 1.54) is 75.0 Å². The summed E-state index contributed by atoms with van der Waals surface area (Å²) >= 11 is 1.86. The molecule has 0 bridgehead atoms. The van der Waals surface area contributed by atoms with Crippen molar-refractivity contribution in [2.45, 2.75) is 0 Å². The average molecular weight is 694 g/mol. The first-order valence-corrected chi connectivity index (χ1v) is 18.8. The molecule has 2 heterocycles. The van der Waals surface area contributed by atoms with Gasteiger partial charge in [-0.1, -0.05) is 133 Å². The van der Waals surface area contributed by atoms with Crippen molar-refractivity contribution in [1.29, 1.82) is 0 Å². The normalized spacial score (nSPS) is 11.8. The number of benzene rings is 9. The average Bonchev–Trinajstić information content (AvgIpc) is 3.81. The number of hydrogen-bond donors (Lipinski definition) is 0. The van der Waals surface area contributed by atoms with E-state index in [0.717, 1.165) is 27.9 Å². The first kappa shape index (κ1) is 30.0. The quantitative estimate of drug-likeness (QED) is 0.178. The Balaban J connectivity index is 1.05. The molecule has 0 atom stereocenters. The van der Waals surface area contributed by atoms with E-state index in [1.807, 2.05) is 23.5 Å². The number of para-hydroxylation sites is 1. The number of furan rings is 1. The molecule has 0 saturated heterocycles. The van der Waals surface area contributed by atoms with Crippen LogP contribution in [-0.2, 0) is 0 Å². The number of fused-ring (bicyclic) bond motifs is 9. The van der Waals surface area contributed by atoms with Crippen molar-refractivity contribution in [2.75, 3.05) is 4.90 Å². The number of nitrogens with zero attached hydrogens (tertiary/aromatic N) is 1. The van der Waals surface area contributed by atoms with Crippen LogP contribution in [-0.4, -0.2) is 0 Å². The van der Waals surface area contributed by atoms with Crippen molar-refractivity contribution >= 4 is 92.1 Å². The predicted octanol–water partition coefficient (Wildman–Crippen LogP) is 15.1. The van der Waals surface area contributed by atoms with Gasteiger partial charge in [0.15, 0.2) is 0 Å². The van der Waals surface area contributed by atoms with Gasteiger partial charge in [0.1, 0.15) is 11.2 Å². The Bertz CT molecular complexity index is 3160. The predicted molar refractivity (Wildman–Crippen MR) is 227 cm³/mol. The molecule has 11 aromatic rings. The molecule has 0 unspecified atom stereocenters. The Hall–Kier alpha value is -6.68. The molecule has 0 amide bonds. The fourth-order valence-corrected chi connectivity index (χ4v) is 9.33. The second-order valence-corrected chi connectivity index (χ2v) is 14.7. The van der Waals surface area contributed by atoms with Crippen molar-refractivity contribution in [1.82, 2.24) is 0 Å². The van der Waals surface area contributed by atoms with Gasteiger partial charge in [-0.3, -0.25) is 0 Å². The number of thiophene rings is 1. The van der Waals surface area contributed by atoms with Crippen molar-refractivity contribution < 1.29 is 4.42 Å². The summed E-state index contributed by atoms with van der Waals surface area (Å²) in [6.45, 7) is 0. The lowest BCUT2D eigenvalue weighted by atomic mass is 9.97. The van der Waals surface area contributed by atoms with Crippen LogP contribution in [0.25, 0.3) is 85.9 Å². The van der Waals surface area contributed by atoms with Crippen LogP contribution in [0.1, 0.15) is 0 Å². The zero-order valence-corrected chi connectivity index (χ0v) is 29.5. The number of rotatable bonds is 5. The van der Waals surface area contributed by atoms with Crippen LogP contribution in [0.3, 0.4) is 0 Å². The number of anilines is 3. The lowest BCUT2D eigenvalue weighted by Crippen LogP contribution is -2.10. The van der Waals surface area contributed by atoms with Gasteiger partial charge in [-0.15, -0.1) is 11.3 Å². The van der Waals surface area contributed by atoms with Gasteiger partial charge in [0.25, 0.3) is 0 Å². The van der Waals surface area contributed by atoms with Crippen LogP contribution in [0.2, 0.25) is 0 Å². The maximum atomic E-state index is 6.23. The summed E-state index contributed by atoms with van der Waals surface area (Å²) in [6.07, 6.45) is 0. The van der Waals surface area contributed by atoms with Crippen molar-refractivity contribution in [3.05, 3.63) is 188 Å². The van der Waals surface area contributed by atoms with Crippen molar-refractivity contribution in [2.24, 2.45) is 0 Å². The SMILES string of the molecule is c1ccc2c(-c3ccc(N(c4ccc(-c5ccc6ccc7oc8ccccc8c7c6c5)cc4)c4cccc5c4sc4ccccc45)cc3)cccc2c1. The standard InChI is InChI=1S/C50H31NOS/c1-2-11-39-33(9-1)10-7-14-40(39)34-23-28-38(29-24-34)51(45-16-8-15-42-41-12-4-6-18-48(41)53-50(42)45)37-26-21-32(22-27-37)36-20-19-35-25-30-47-49(44(35)31-36)43-13-3-5-17-46(43)52-47/h1-31H. The van der Waals surface area contributed by atoms with E-state index in [1.54, 1.807) is 0 Å². The Morgan fingerprint density at radius 3 is 1.87 bits per heavy atom. The van der Waals surface area contributed by atoms with Gasteiger partial charge >= 0.3 is 0 Å². The molecule has 248 valence electrons. The molecule has 0 aliphatic heterocycles. The minimum absolute atomic E-state index is 0.920. The largest absolute Gasteiger partial charge is 0.456 e. The third-order valence-corrected chi connectivity index (χ3v) is 11.9. The molecule has 0 N–H and O–H groups in total. The maximum absolute atomic E-state index is 6.23. The second-order valence-electron chi connectivity index (χ2n) is 13.7.